The minimum absolute atomic E-state index is 0.331. The van der Waals surface area contributed by atoms with Crippen LogP contribution in [0.3, 0.4) is 0 Å². The van der Waals surface area contributed by atoms with E-state index in [9.17, 15) is 0 Å². The summed E-state index contributed by atoms with van der Waals surface area (Å²) in [4.78, 5) is 4.11. The Labute approximate surface area is 62.6 Å². The highest BCUT2D eigenvalue weighted by molar-refractivity contribution is 6.14. The van der Waals surface area contributed by atoms with Crippen LogP contribution in [0.4, 0.5) is 0 Å². The van der Waals surface area contributed by atoms with Gasteiger partial charge in [-0.3, -0.25) is 4.99 Å². The van der Waals surface area contributed by atoms with Gasteiger partial charge in [-0.1, -0.05) is 18.8 Å². The molecular weight excluding hydrogens is 121 g/mol. The van der Waals surface area contributed by atoms with Gasteiger partial charge in [0.25, 0.3) is 0 Å². The third-order valence-corrected chi connectivity index (χ3v) is 2.76. The number of rotatable bonds is 0. The standard InChI is InChI=1S/C8H10BN/c1-5-6-2-3-10-4-7(5)8(6)9/h2-8H,1H3. The summed E-state index contributed by atoms with van der Waals surface area (Å²) in [6.45, 7) is 2.24. The Morgan fingerprint density at radius 2 is 2.20 bits per heavy atom. The van der Waals surface area contributed by atoms with Gasteiger partial charge in [0.2, 0.25) is 0 Å². The van der Waals surface area contributed by atoms with Gasteiger partial charge < -0.3 is 0 Å². The molecule has 1 saturated carbocycles. The maximum atomic E-state index is 5.88. The van der Waals surface area contributed by atoms with Crippen molar-refractivity contribution >= 4 is 14.1 Å². The average molecular weight is 131 g/mol. The van der Waals surface area contributed by atoms with Gasteiger partial charge in [-0.25, -0.2) is 0 Å². The molecule has 1 fully saturated rings. The van der Waals surface area contributed by atoms with Gasteiger partial charge >= 0.3 is 0 Å². The van der Waals surface area contributed by atoms with Crippen molar-refractivity contribution in [1.82, 2.24) is 0 Å². The fourth-order valence-electron chi connectivity index (χ4n) is 1.91. The van der Waals surface area contributed by atoms with Crippen molar-refractivity contribution in [2.45, 2.75) is 12.7 Å². The molecule has 3 aliphatic rings. The molecule has 0 saturated heterocycles. The smallest absolute Gasteiger partial charge is 0.0716 e. The minimum Gasteiger partial charge on any atom is -0.269 e. The lowest BCUT2D eigenvalue weighted by Crippen LogP contribution is -2.40. The molecule has 2 heterocycles. The zero-order valence-electron chi connectivity index (χ0n) is 6.07. The number of hydrogen-bond donors (Lipinski definition) is 0. The first-order valence-corrected chi connectivity index (χ1v) is 3.76. The van der Waals surface area contributed by atoms with Crippen LogP contribution in [-0.4, -0.2) is 14.1 Å². The highest BCUT2D eigenvalue weighted by Gasteiger charge is 2.42. The van der Waals surface area contributed by atoms with Crippen molar-refractivity contribution in [2.75, 3.05) is 0 Å². The summed E-state index contributed by atoms with van der Waals surface area (Å²) < 4.78 is 0. The molecule has 0 aromatic rings. The van der Waals surface area contributed by atoms with Crippen molar-refractivity contribution in [1.29, 1.82) is 0 Å². The Morgan fingerprint density at radius 1 is 1.40 bits per heavy atom. The van der Waals surface area contributed by atoms with E-state index in [1.54, 1.807) is 0 Å². The lowest BCUT2D eigenvalue weighted by molar-refractivity contribution is 0.197. The van der Waals surface area contributed by atoms with Gasteiger partial charge in [0.1, 0.15) is 0 Å². The summed E-state index contributed by atoms with van der Waals surface area (Å²) in [5.74, 6) is 2.14. The normalized spacial score (nSPS) is 50.1. The predicted octanol–water partition coefficient (Wildman–Crippen LogP) is 1.42. The van der Waals surface area contributed by atoms with E-state index >= 15 is 0 Å². The molecule has 50 valence electrons. The number of allylic oxidation sites excluding steroid dienone is 1. The molecular formula is C8H10BN. The van der Waals surface area contributed by atoms with Crippen molar-refractivity contribution in [3.8, 4) is 0 Å². The van der Waals surface area contributed by atoms with E-state index in [0.717, 1.165) is 0 Å². The molecule has 2 heteroatoms. The SMILES string of the molecule is [B]C1C2C=CN=CC1C2C. The van der Waals surface area contributed by atoms with E-state index in [0.29, 0.717) is 23.6 Å². The van der Waals surface area contributed by atoms with Crippen molar-refractivity contribution < 1.29 is 0 Å². The van der Waals surface area contributed by atoms with Gasteiger partial charge in [0.05, 0.1) is 7.85 Å². The van der Waals surface area contributed by atoms with Crippen LogP contribution in [0.15, 0.2) is 17.3 Å². The monoisotopic (exact) mass is 131 g/mol. The highest BCUT2D eigenvalue weighted by Crippen LogP contribution is 2.49. The van der Waals surface area contributed by atoms with E-state index in [2.05, 4.69) is 18.0 Å². The molecule has 1 nitrogen and oxygen atoms in total. The highest BCUT2D eigenvalue weighted by atomic mass is 14.7. The van der Waals surface area contributed by atoms with E-state index in [1.165, 1.54) is 0 Å². The Bertz CT molecular complexity index is 167. The van der Waals surface area contributed by atoms with Gasteiger partial charge in [-0.15, -0.1) is 0 Å². The second-order valence-electron chi connectivity index (χ2n) is 3.23. The fraction of sp³-hybridized carbons (Fsp3) is 0.625. The molecule has 4 unspecified atom stereocenters. The molecule has 3 rings (SSSR count). The lowest BCUT2D eigenvalue weighted by Gasteiger charge is -2.45. The molecule has 0 aromatic carbocycles. The Balaban J connectivity index is 2.27. The van der Waals surface area contributed by atoms with E-state index in [1.807, 2.05) is 12.4 Å². The molecule has 4 atom stereocenters. The Kier molecular flexibility index (Phi) is 1.23. The largest absolute Gasteiger partial charge is 0.269 e. The zero-order valence-corrected chi connectivity index (χ0v) is 6.07. The van der Waals surface area contributed by atoms with Gasteiger partial charge in [-0.2, -0.15) is 0 Å². The van der Waals surface area contributed by atoms with E-state index in [4.69, 9.17) is 7.85 Å². The topological polar surface area (TPSA) is 12.4 Å². The summed E-state index contributed by atoms with van der Waals surface area (Å²) >= 11 is 0. The second-order valence-corrected chi connectivity index (χ2v) is 3.23. The number of fused-ring (bicyclic) bond motifs is 1. The summed E-state index contributed by atoms with van der Waals surface area (Å²) in [7, 11) is 5.88. The second kappa shape index (κ2) is 1.98. The zero-order chi connectivity index (χ0) is 7.14. The molecule has 2 radical (unpaired) electrons. The predicted molar refractivity (Wildman–Crippen MR) is 43.3 cm³/mol. The lowest BCUT2D eigenvalue weighted by atomic mass is 9.50. The summed E-state index contributed by atoms with van der Waals surface area (Å²) in [5.41, 5.74) is 0. The Morgan fingerprint density at radius 3 is 2.90 bits per heavy atom. The van der Waals surface area contributed by atoms with E-state index in [-0.39, 0.29) is 0 Å². The first kappa shape index (κ1) is 6.20. The molecule has 2 aliphatic heterocycles. The average Bonchev–Trinajstić information content (AvgIpc) is 2.22. The third-order valence-electron chi connectivity index (χ3n) is 2.76. The molecule has 10 heavy (non-hydrogen) atoms. The van der Waals surface area contributed by atoms with Crippen molar-refractivity contribution in [3.63, 3.8) is 0 Å². The van der Waals surface area contributed by atoms with Gasteiger partial charge in [0, 0.05) is 12.4 Å². The van der Waals surface area contributed by atoms with Crippen LogP contribution >= 0.6 is 0 Å². The Hall–Kier alpha value is -0.525. The molecule has 2 bridgehead atoms. The van der Waals surface area contributed by atoms with Crippen LogP contribution in [0.5, 0.6) is 0 Å². The molecule has 0 spiro atoms. The third kappa shape index (κ3) is 0.620. The van der Waals surface area contributed by atoms with E-state index < -0.39 is 0 Å². The maximum absolute atomic E-state index is 5.88. The summed E-state index contributed by atoms with van der Waals surface area (Å²) in [5, 5.41) is 0. The fourth-order valence-corrected chi connectivity index (χ4v) is 1.91. The van der Waals surface area contributed by atoms with Crippen LogP contribution in [-0.2, 0) is 0 Å². The van der Waals surface area contributed by atoms with Crippen molar-refractivity contribution in [3.05, 3.63) is 12.3 Å². The first-order valence-electron chi connectivity index (χ1n) is 3.76. The van der Waals surface area contributed by atoms with Gasteiger partial charge in [0.15, 0.2) is 0 Å². The van der Waals surface area contributed by atoms with Crippen LogP contribution in [0.25, 0.3) is 0 Å². The quantitative estimate of drug-likeness (QED) is 0.441. The number of hydrogen-bond acceptors (Lipinski definition) is 1. The molecule has 1 aliphatic carbocycles. The first-order chi connectivity index (χ1) is 4.80. The van der Waals surface area contributed by atoms with Crippen molar-refractivity contribution in [2.24, 2.45) is 22.7 Å². The summed E-state index contributed by atoms with van der Waals surface area (Å²) in [6, 6.07) is 0. The molecule has 0 N–H and O–H groups in total. The maximum Gasteiger partial charge on any atom is 0.0716 e. The number of nitrogens with zero attached hydrogens (tertiary/aromatic N) is 1. The van der Waals surface area contributed by atoms with Crippen LogP contribution < -0.4 is 0 Å². The van der Waals surface area contributed by atoms with Crippen LogP contribution in [0, 0.1) is 17.8 Å². The number of aliphatic imine (C=N–C) groups is 1. The van der Waals surface area contributed by atoms with Crippen LogP contribution in [0.1, 0.15) is 6.92 Å². The minimum atomic E-state index is 0.331. The van der Waals surface area contributed by atoms with Crippen LogP contribution in [0.2, 0.25) is 5.82 Å². The van der Waals surface area contributed by atoms with Gasteiger partial charge in [-0.05, 0) is 17.8 Å². The molecule has 0 aromatic heterocycles. The molecule has 0 amide bonds. The summed E-state index contributed by atoms with van der Waals surface area (Å²) in [6.07, 6.45) is 5.97.